The molecule has 0 spiro atoms. The van der Waals surface area contributed by atoms with Gasteiger partial charge >= 0.3 is 18.0 Å². The second kappa shape index (κ2) is 29.0. The summed E-state index contributed by atoms with van der Waals surface area (Å²) in [7, 11) is 4.21. The van der Waals surface area contributed by atoms with Gasteiger partial charge in [-0.2, -0.15) is 0 Å². The molecule has 0 saturated carbocycles. The Labute approximate surface area is 495 Å². The molecule has 0 aliphatic carbocycles. The molecule has 6 N–H and O–H groups in total. The van der Waals surface area contributed by atoms with Crippen LogP contribution in [-0.4, -0.2) is 192 Å². The fourth-order valence-electron chi connectivity index (χ4n) is 9.83. The number of benzene rings is 4. The van der Waals surface area contributed by atoms with Gasteiger partial charge in [0.2, 0.25) is 0 Å². The molecule has 4 aliphatic heterocycles. The van der Waals surface area contributed by atoms with E-state index in [-0.39, 0.29) is 32.4 Å². The highest BCUT2D eigenvalue weighted by Gasteiger charge is 2.23. The van der Waals surface area contributed by atoms with E-state index in [2.05, 4.69) is 66.3 Å². The Morgan fingerprint density at radius 3 is 1.20 bits per heavy atom. The Bertz CT molecular complexity index is 3510. The molecule has 23 nitrogen and oxygen atoms in total. The van der Waals surface area contributed by atoms with Crippen molar-refractivity contribution in [2.24, 2.45) is 0 Å². The first kappa shape index (κ1) is 62.1. The van der Waals surface area contributed by atoms with E-state index >= 15 is 0 Å². The minimum Gasteiger partial charge on any atom is -0.478 e. The number of urea groups is 2. The molecular formula is C62H78N16O7. The van der Waals surface area contributed by atoms with Gasteiger partial charge < -0.3 is 65.7 Å². The van der Waals surface area contributed by atoms with Crippen molar-refractivity contribution in [3.05, 3.63) is 144 Å². The maximum absolute atomic E-state index is 12.8. The van der Waals surface area contributed by atoms with Gasteiger partial charge in [0.05, 0.1) is 32.0 Å². The van der Waals surface area contributed by atoms with E-state index in [4.69, 9.17) is 34.7 Å². The zero-order valence-corrected chi connectivity index (χ0v) is 47.2. The molecule has 0 atom stereocenters. The number of nitrogens with zero attached hydrogens (tertiary/aromatic N) is 11. The molecule has 85 heavy (non-hydrogen) atoms. The summed E-state index contributed by atoms with van der Waals surface area (Å²) in [4.78, 5) is 69.4. The van der Waals surface area contributed by atoms with Crippen LogP contribution in [0.1, 0.15) is 47.0 Å². The van der Waals surface area contributed by atoms with Crippen LogP contribution in [-0.2, 0) is 9.47 Å². The lowest BCUT2D eigenvalue weighted by atomic mass is 10.1. The average Bonchev–Trinajstić information content (AvgIpc) is 2.60. The first-order valence-corrected chi connectivity index (χ1v) is 27.9. The Kier molecular flexibility index (Phi) is 21.2. The molecule has 0 unspecified atom stereocenters. The second-order valence-electron chi connectivity index (χ2n) is 20.7. The maximum Gasteiger partial charge on any atom is 0.335 e. The summed E-state index contributed by atoms with van der Waals surface area (Å²) in [6.45, 7) is 17.7. The van der Waals surface area contributed by atoms with Gasteiger partial charge in [0, 0.05) is 129 Å². The van der Waals surface area contributed by atoms with Gasteiger partial charge in [-0.05, 0) is 149 Å². The number of hydrogen-bond donors (Lipinski definition) is 6. The summed E-state index contributed by atoms with van der Waals surface area (Å²) in [5, 5.41) is 32.9. The normalized spacial score (nSPS) is 15.5. The topological polar surface area (TPSA) is 244 Å². The van der Waals surface area contributed by atoms with E-state index < -0.39 is 12.0 Å². The van der Waals surface area contributed by atoms with Gasteiger partial charge in [-0.25, -0.2) is 33.4 Å². The van der Waals surface area contributed by atoms with Crippen LogP contribution in [0.3, 0.4) is 0 Å². The van der Waals surface area contributed by atoms with Crippen LogP contribution in [0, 0.1) is 13.8 Å². The fourth-order valence-corrected chi connectivity index (χ4v) is 9.83. The zero-order valence-electron chi connectivity index (χ0n) is 47.2. The van der Waals surface area contributed by atoms with Crippen LogP contribution in [0.2, 0.25) is 0 Å². The van der Waals surface area contributed by atoms with Gasteiger partial charge in [-0.15, -0.1) is 10.2 Å². The Morgan fingerprint density at radius 2 is 0.835 bits per heavy atom. The van der Waals surface area contributed by atoms with E-state index in [0.29, 0.717) is 66.4 Å². The van der Waals surface area contributed by atoms with Crippen molar-refractivity contribution in [3.8, 4) is 22.8 Å². The summed E-state index contributed by atoms with van der Waals surface area (Å²) < 4.78 is 14.9. The third kappa shape index (κ3) is 15.8. The quantitative estimate of drug-likeness (QED) is 0.0755. The number of anilines is 6. The van der Waals surface area contributed by atoms with Crippen molar-refractivity contribution in [2.45, 2.75) is 28.7 Å². The first-order valence-electron chi connectivity index (χ1n) is 27.9. The number of ether oxygens (including phenoxy) is 2. The number of aromatic nitrogens is 6. The SMILES string of the molecule is C.C.CN1CCNCC1.Cc1ccc2c(N3CCOCC3)nc(-c3ccc(NC(=O)Nc4ccc(C(=O)N5CCN(C)CC5)cc4)cc3)nn12.Cc1ccc2c(N3CCOCC3)nc(-c3ccc(NC(=O)Nc4ccc(C(=O)O)cc4)cc3)nn12. The summed E-state index contributed by atoms with van der Waals surface area (Å²) in [6.07, 6.45) is 0. The largest absolute Gasteiger partial charge is 0.478 e. The predicted octanol–water partition coefficient (Wildman–Crippen LogP) is 8.25. The van der Waals surface area contributed by atoms with Gasteiger partial charge in [0.15, 0.2) is 23.3 Å². The highest BCUT2D eigenvalue weighted by atomic mass is 16.5. The number of piperazine rings is 2. The lowest BCUT2D eigenvalue weighted by Gasteiger charge is -2.32. The molecule has 8 heterocycles. The Hall–Kier alpha value is -9.00. The lowest BCUT2D eigenvalue weighted by molar-refractivity contribution is 0.0662. The third-order valence-electron chi connectivity index (χ3n) is 14.7. The number of aryl methyl sites for hydroxylation is 2. The molecular weight excluding hydrogens is 1080 g/mol. The monoisotopic (exact) mass is 1160 g/mol. The van der Waals surface area contributed by atoms with E-state index in [1.165, 1.54) is 37.4 Å². The number of morpholine rings is 2. The van der Waals surface area contributed by atoms with Crippen LogP contribution in [0.5, 0.6) is 0 Å². The predicted molar refractivity (Wildman–Crippen MR) is 335 cm³/mol. The van der Waals surface area contributed by atoms with Crippen molar-refractivity contribution in [3.63, 3.8) is 0 Å². The number of carbonyl (C=O) groups excluding carboxylic acids is 3. The van der Waals surface area contributed by atoms with E-state index in [1.54, 1.807) is 36.4 Å². The van der Waals surface area contributed by atoms with Crippen LogP contribution in [0.4, 0.5) is 44.0 Å². The number of nitrogens with one attached hydrogen (secondary N) is 5. The lowest BCUT2D eigenvalue weighted by Crippen LogP contribution is -2.47. The summed E-state index contributed by atoms with van der Waals surface area (Å²) in [6, 6.07) is 35.0. The maximum atomic E-state index is 12.8. The van der Waals surface area contributed by atoms with E-state index in [0.717, 1.165) is 111 Å². The molecule has 0 bridgehead atoms. The minimum atomic E-state index is -1.02. The average molecular weight is 1160 g/mol. The number of aromatic carboxylic acids is 1. The molecule has 23 heteroatoms. The summed E-state index contributed by atoms with van der Waals surface area (Å²) in [5.41, 5.74) is 8.75. The van der Waals surface area contributed by atoms with Crippen molar-refractivity contribution in [1.29, 1.82) is 0 Å². The molecule has 4 aliphatic rings. The molecule has 8 aromatic rings. The standard InChI is InChI=1S/C30H34N8O3.C25H24N6O4.C5H12N2.2CH4/c1-21-3-12-26-28(36-17-19-41-20-18-36)33-27(34-38(21)26)22-4-8-24(9-5-22)31-30(40)32-25-10-6-23(7-11-25)29(39)37-15-13-35(2)14-16-37;1-16-2-11-21-23(30-12-14-35-15-13-30)28-22(29-31(16)21)17-3-7-19(8-4-17)26-25(34)27-20-9-5-18(6-10-20)24(32)33;1-7-4-2-6-3-5-7;;/h3-12H,13-20H2,1-2H3,(H2,31,32,40);2-11H,12-15H2,1H3,(H,32,33)(H2,26,27,34);6H,2-5H2,1H3;2*1H4. The van der Waals surface area contributed by atoms with Crippen LogP contribution in [0.15, 0.2) is 121 Å². The highest BCUT2D eigenvalue weighted by Crippen LogP contribution is 2.29. The zero-order chi connectivity index (χ0) is 57.8. The van der Waals surface area contributed by atoms with Gasteiger partial charge in [0.1, 0.15) is 11.0 Å². The number of carbonyl (C=O) groups is 4. The minimum absolute atomic E-state index is 0. The molecule has 0 radical (unpaired) electrons. The molecule has 4 aromatic heterocycles. The summed E-state index contributed by atoms with van der Waals surface area (Å²) >= 11 is 0. The smallest absolute Gasteiger partial charge is 0.335 e. The van der Waals surface area contributed by atoms with E-state index in [9.17, 15) is 19.2 Å². The van der Waals surface area contributed by atoms with Gasteiger partial charge in [-0.1, -0.05) is 14.9 Å². The molecule has 4 saturated heterocycles. The van der Waals surface area contributed by atoms with Gasteiger partial charge in [0.25, 0.3) is 5.91 Å². The van der Waals surface area contributed by atoms with Crippen molar-refractivity contribution >= 4 is 69.4 Å². The number of hydrogen-bond acceptors (Lipinski definition) is 15. The second-order valence-corrected chi connectivity index (χ2v) is 20.7. The van der Waals surface area contributed by atoms with Crippen LogP contribution in [0.25, 0.3) is 33.8 Å². The van der Waals surface area contributed by atoms with E-state index in [1.807, 2.05) is 82.4 Å². The fraction of sp³-hybridized carbons (Fsp3) is 0.355. The first-order chi connectivity index (χ1) is 40.3. The van der Waals surface area contributed by atoms with Gasteiger partial charge in [-0.3, -0.25) is 4.79 Å². The number of amides is 5. The van der Waals surface area contributed by atoms with Crippen LogP contribution < -0.4 is 36.4 Å². The molecule has 4 fully saturated rings. The van der Waals surface area contributed by atoms with Crippen molar-refractivity contribution in [1.82, 2.24) is 49.2 Å². The number of rotatable bonds is 10. The van der Waals surface area contributed by atoms with Crippen molar-refractivity contribution in [2.75, 3.05) is 150 Å². The molecule has 12 rings (SSSR count). The number of fused-ring (bicyclic) bond motifs is 2. The number of carboxylic acid groups (broad SMARTS) is 1. The molecule has 448 valence electrons. The number of carboxylic acids is 1. The highest BCUT2D eigenvalue weighted by molar-refractivity contribution is 6.01. The molecule has 4 aromatic carbocycles. The molecule has 5 amide bonds. The Balaban J connectivity index is 0.000000196. The van der Waals surface area contributed by atoms with Crippen LogP contribution >= 0.6 is 0 Å². The van der Waals surface area contributed by atoms with Crippen molar-refractivity contribution < 1.29 is 33.8 Å². The third-order valence-corrected chi connectivity index (χ3v) is 14.7. The number of likely N-dealkylation sites (N-methyl/N-ethyl adjacent to an activating group) is 2. The summed E-state index contributed by atoms with van der Waals surface area (Å²) in [5.74, 6) is 1.97. The Morgan fingerprint density at radius 1 is 0.471 bits per heavy atom.